The summed E-state index contributed by atoms with van der Waals surface area (Å²) in [6.45, 7) is 6.10. The second kappa shape index (κ2) is 8.39. The van der Waals surface area contributed by atoms with Crippen LogP contribution in [0, 0.1) is 6.92 Å². The lowest BCUT2D eigenvalue weighted by Crippen LogP contribution is -2.13. The first-order chi connectivity index (χ1) is 11.5. The molecule has 0 saturated heterocycles. The smallest absolute Gasteiger partial charge is 0.358 e. The van der Waals surface area contributed by atoms with Crippen LogP contribution in [-0.2, 0) is 11.2 Å². The second-order valence-corrected chi connectivity index (χ2v) is 6.75. The molecule has 0 bridgehead atoms. The Bertz CT molecular complexity index is 720. The summed E-state index contributed by atoms with van der Waals surface area (Å²) in [5.41, 5.74) is 1.23. The molecule has 2 rings (SSSR count). The van der Waals surface area contributed by atoms with Crippen LogP contribution < -0.4 is 4.90 Å². The molecule has 0 unspecified atom stereocenters. The van der Waals surface area contributed by atoms with Gasteiger partial charge in [-0.1, -0.05) is 24.9 Å². The third-order valence-electron chi connectivity index (χ3n) is 3.45. The SMILES string of the molecule is CCCCc1sc(N(C)c2cc(C)c(Cl)nn2)nc1C(=O)OCC. The summed E-state index contributed by atoms with van der Waals surface area (Å²) in [6, 6.07) is 1.84. The fourth-order valence-corrected chi connectivity index (χ4v) is 3.22. The lowest BCUT2D eigenvalue weighted by atomic mass is 10.2. The molecule has 130 valence electrons. The molecular weight excluding hydrogens is 348 g/mol. The highest BCUT2D eigenvalue weighted by atomic mass is 35.5. The van der Waals surface area contributed by atoms with Gasteiger partial charge in [0, 0.05) is 11.9 Å². The summed E-state index contributed by atoms with van der Waals surface area (Å²) in [7, 11) is 1.84. The number of aromatic nitrogens is 3. The maximum absolute atomic E-state index is 12.2. The average Bonchev–Trinajstić information content (AvgIpc) is 2.99. The van der Waals surface area contributed by atoms with Crippen LogP contribution in [0.2, 0.25) is 5.15 Å². The van der Waals surface area contributed by atoms with Crippen LogP contribution in [0.25, 0.3) is 0 Å². The summed E-state index contributed by atoms with van der Waals surface area (Å²) < 4.78 is 5.12. The number of hydrogen-bond donors (Lipinski definition) is 0. The minimum atomic E-state index is -0.377. The number of thiazole rings is 1. The van der Waals surface area contributed by atoms with Gasteiger partial charge in [-0.2, -0.15) is 0 Å². The van der Waals surface area contributed by atoms with E-state index in [0.717, 1.165) is 29.7 Å². The molecule has 2 heterocycles. The van der Waals surface area contributed by atoms with Gasteiger partial charge in [0.05, 0.1) is 6.61 Å². The lowest BCUT2D eigenvalue weighted by Gasteiger charge is -2.14. The van der Waals surface area contributed by atoms with E-state index in [-0.39, 0.29) is 5.97 Å². The summed E-state index contributed by atoms with van der Waals surface area (Å²) in [4.78, 5) is 19.4. The van der Waals surface area contributed by atoms with Gasteiger partial charge in [-0.15, -0.1) is 21.5 Å². The Morgan fingerprint density at radius 1 is 1.38 bits per heavy atom. The molecule has 6 nitrogen and oxygen atoms in total. The van der Waals surface area contributed by atoms with Gasteiger partial charge in [0.1, 0.15) is 0 Å². The van der Waals surface area contributed by atoms with Crippen molar-refractivity contribution in [1.29, 1.82) is 0 Å². The van der Waals surface area contributed by atoms with Gasteiger partial charge in [0.2, 0.25) is 0 Å². The molecule has 0 radical (unpaired) electrons. The molecule has 2 aromatic heterocycles. The zero-order chi connectivity index (χ0) is 17.7. The van der Waals surface area contributed by atoms with E-state index < -0.39 is 0 Å². The van der Waals surface area contributed by atoms with E-state index in [9.17, 15) is 4.79 Å². The van der Waals surface area contributed by atoms with Crippen LogP contribution in [0.1, 0.15) is 47.6 Å². The number of anilines is 2. The Kier molecular flexibility index (Phi) is 6.51. The first-order valence-corrected chi connectivity index (χ1v) is 9.07. The van der Waals surface area contributed by atoms with E-state index in [0.29, 0.717) is 28.4 Å². The van der Waals surface area contributed by atoms with E-state index in [1.54, 1.807) is 11.8 Å². The predicted molar refractivity (Wildman–Crippen MR) is 96.5 cm³/mol. The number of carbonyl (C=O) groups is 1. The molecule has 0 atom stereocenters. The summed E-state index contributed by atoms with van der Waals surface area (Å²) in [5, 5.41) is 9.08. The monoisotopic (exact) mass is 368 g/mol. The zero-order valence-corrected chi connectivity index (χ0v) is 15.9. The van der Waals surface area contributed by atoms with Crippen molar-refractivity contribution in [1.82, 2.24) is 15.2 Å². The van der Waals surface area contributed by atoms with Crippen LogP contribution in [0.4, 0.5) is 10.9 Å². The molecule has 2 aromatic rings. The van der Waals surface area contributed by atoms with E-state index >= 15 is 0 Å². The number of unbranched alkanes of at least 4 members (excludes halogenated alkanes) is 1. The Labute approximate surface area is 150 Å². The molecule has 0 aliphatic carbocycles. The van der Waals surface area contributed by atoms with Gasteiger partial charge in [0.25, 0.3) is 0 Å². The Morgan fingerprint density at radius 2 is 2.12 bits per heavy atom. The number of halogens is 1. The van der Waals surface area contributed by atoms with Crippen LogP contribution in [0.5, 0.6) is 0 Å². The summed E-state index contributed by atoms with van der Waals surface area (Å²) >= 11 is 7.41. The van der Waals surface area contributed by atoms with E-state index in [4.69, 9.17) is 16.3 Å². The van der Waals surface area contributed by atoms with Crippen molar-refractivity contribution < 1.29 is 9.53 Å². The molecule has 0 amide bonds. The van der Waals surface area contributed by atoms with Crippen LogP contribution in [-0.4, -0.2) is 34.8 Å². The van der Waals surface area contributed by atoms with Crippen molar-refractivity contribution in [3.63, 3.8) is 0 Å². The quantitative estimate of drug-likeness (QED) is 0.683. The topological polar surface area (TPSA) is 68.2 Å². The minimum absolute atomic E-state index is 0.330. The van der Waals surface area contributed by atoms with Crippen LogP contribution >= 0.6 is 22.9 Å². The number of aryl methyl sites for hydroxylation is 2. The number of hydrogen-bond acceptors (Lipinski definition) is 7. The van der Waals surface area contributed by atoms with Gasteiger partial charge < -0.3 is 9.64 Å². The van der Waals surface area contributed by atoms with Gasteiger partial charge >= 0.3 is 5.97 Å². The molecule has 8 heteroatoms. The predicted octanol–water partition coefficient (Wildman–Crippen LogP) is 4.18. The summed E-state index contributed by atoms with van der Waals surface area (Å²) in [6.07, 6.45) is 2.85. The number of esters is 1. The van der Waals surface area contributed by atoms with Crippen molar-refractivity contribution >= 4 is 39.9 Å². The van der Waals surface area contributed by atoms with Crippen molar-refractivity contribution in [3.8, 4) is 0 Å². The Hall–Kier alpha value is -1.73. The van der Waals surface area contributed by atoms with Gasteiger partial charge in [0.15, 0.2) is 21.8 Å². The molecule has 0 fully saturated rings. The Morgan fingerprint density at radius 3 is 2.75 bits per heavy atom. The largest absolute Gasteiger partial charge is 0.461 e. The molecule has 24 heavy (non-hydrogen) atoms. The van der Waals surface area contributed by atoms with Crippen LogP contribution in [0.15, 0.2) is 6.07 Å². The van der Waals surface area contributed by atoms with E-state index in [2.05, 4.69) is 22.1 Å². The van der Waals surface area contributed by atoms with Gasteiger partial charge in [-0.05, 0) is 38.3 Å². The van der Waals surface area contributed by atoms with Gasteiger partial charge in [-0.25, -0.2) is 9.78 Å². The lowest BCUT2D eigenvalue weighted by molar-refractivity contribution is 0.0519. The van der Waals surface area contributed by atoms with E-state index in [1.165, 1.54) is 11.3 Å². The third-order valence-corrected chi connectivity index (χ3v) is 5.02. The maximum atomic E-state index is 12.2. The maximum Gasteiger partial charge on any atom is 0.358 e. The van der Waals surface area contributed by atoms with Crippen molar-refractivity contribution in [2.75, 3.05) is 18.6 Å². The summed E-state index contributed by atoms with van der Waals surface area (Å²) in [5.74, 6) is 0.251. The molecule has 0 spiro atoms. The molecule has 0 aromatic carbocycles. The first-order valence-electron chi connectivity index (χ1n) is 7.88. The van der Waals surface area contributed by atoms with Crippen molar-refractivity contribution in [3.05, 3.63) is 27.4 Å². The highest BCUT2D eigenvalue weighted by Gasteiger charge is 2.22. The standard InChI is InChI=1S/C16H21ClN4O2S/c1-5-7-8-11-13(15(22)23-6-2)18-16(24-11)21(4)12-9-10(3)14(17)20-19-12/h9H,5-8H2,1-4H3. The molecule has 0 N–H and O–H groups in total. The highest BCUT2D eigenvalue weighted by molar-refractivity contribution is 7.16. The van der Waals surface area contributed by atoms with Crippen LogP contribution in [0.3, 0.4) is 0 Å². The second-order valence-electron chi connectivity index (χ2n) is 5.33. The fourth-order valence-electron chi connectivity index (χ4n) is 2.07. The average molecular weight is 369 g/mol. The third kappa shape index (κ3) is 4.21. The normalized spacial score (nSPS) is 10.7. The molecular formula is C16H21ClN4O2S. The molecule has 0 aliphatic heterocycles. The molecule has 0 saturated carbocycles. The number of carbonyl (C=O) groups excluding carboxylic acids is 1. The minimum Gasteiger partial charge on any atom is -0.461 e. The number of ether oxygens (including phenoxy) is 1. The van der Waals surface area contributed by atoms with E-state index in [1.807, 2.05) is 20.0 Å². The van der Waals surface area contributed by atoms with Crippen molar-refractivity contribution in [2.24, 2.45) is 0 Å². The number of rotatable bonds is 7. The Balaban J connectivity index is 2.34. The van der Waals surface area contributed by atoms with Crippen molar-refractivity contribution in [2.45, 2.75) is 40.0 Å². The highest BCUT2D eigenvalue weighted by Crippen LogP contribution is 2.31. The fraction of sp³-hybridized carbons (Fsp3) is 0.500. The molecule has 0 aliphatic rings. The number of nitrogens with zero attached hydrogens (tertiary/aromatic N) is 4. The zero-order valence-electron chi connectivity index (χ0n) is 14.3. The first kappa shape index (κ1) is 18.6. The van der Waals surface area contributed by atoms with Gasteiger partial charge in [-0.3, -0.25) is 0 Å².